The Morgan fingerprint density at radius 3 is 2.29 bits per heavy atom. The lowest BCUT2D eigenvalue weighted by Gasteiger charge is -2.27. The van der Waals surface area contributed by atoms with Gasteiger partial charge < -0.3 is 14.6 Å². The number of nitrogens with zero attached hydrogens (tertiary/aromatic N) is 3. The van der Waals surface area contributed by atoms with Gasteiger partial charge in [-0.2, -0.15) is 5.10 Å². The number of benzene rings is 2. The van der Waals surface area contributed by atoms with Gasteiger partial charge in [0.2, 0.25) is 5.88 Å². The van der Waals surface area contributed by atoms with Crippen LogP contribution in [0.5, 0.6) is 11.6 Å². The highest BCUT2D eigenvalue weighted by molar-refractivity contribution is 5.65. The SMILES string of the molecule is CC(C)CN(Cc1c(-c2ccccc2)nn(C)c1Oc1ccc(F)cc1)C[C@H](O)COC(C)C. The maximum absolute atomic E-state index is 13.4. The number of hydrogen-bond acceptors (Lipinski definition) is 5. The van der Waals surface area contributed by atoms with Crippen molar-refractivity contribution in [3.63, 3.8) is 0 Å². The minimum Gasteiger partial charge on any atom is -0.439 e. The summed E-state index contributed by atoms with van der Waals surface area (Å²) in [6, 6.07) is 15.9. The van der Waals surface area contributed by atoms with Crippen molar-refractivity contribution in [1.82, 2.24) is 14.7 Å². The minimum atomic E-state index is -0.612. The molecule has 1 N–H and O–H groups in total. The highest BCUT2D eigenvalue weighted by atomic mass is 19.1. The summed E-state index contributed by atoms with van der Waals surface area (Å²) in [6.07, 6.45) is -0.550. The van der Waals surface area contributed by atoms with E-state index >= 15 is 0 Å². The third-order valence-electron chi connectivity index (χ3n) is 5.26. The van der Waals surface area contributed by atoms with Crippen molar-refractivity contribution in [2.24, 2.45) is 13.0 Å². The molecule has 0 saturated carbocycles. The Bertz CT molecular complexity index is 1020. The third kappa shape index (κ3) is 7.38. The highest BCUT2D eigenvalue weighted by Crippen LogP contribution is 2.34. The van der Waals surface area contributed by atoms with E-state index in [-0.39, 0.29) is 18.5 Å². The van der Waals surface area contributed by atoms with E-state index in [1.807, 2.05) is 51.2 Å². The second kappa shape index (κ2) is 12.1. The van der Waals surface area contributed by atoms with Crippen LogP contribution < -0.4 is 4.74 Å². The Morgan fingerprint density at radius 1 is 1.00 bits per heavy atom. The van der Waals surface area contributed by atoms with E-state index in [0.717, 1.165) is 23.4 Å². The van der Waals surface area contributed by atoms with Gasteiger partial charge in [0.15, 0.2) is 0 Å². The fourth-order valence-corrected chi connectivity index (χ4v) is 3.86. The normalized spacial score (nSPS) is 12.6. The number of rotatable bonds is 12. The van der Waals surface area contributed by atoms with Crippen molar-refractivity contribution in [2.75, 3.05) is 19.7 Å². The van der Waals surface area contributed by atoms with E-state index < -0.39 is 6.10 Å². The van der Waals surface area contributed by atoms with Crippen LogP contribution in [0.15, 0.2) is 54.6 Å². The Labute approximate surface area is 201 Å². The fraction of sp³-hybridized carbons (Fsp3) is 0.444. The summed E-state index contributed by atoms with van der Waals surface area (Å²) in [4.78, 5) is 2.21. The molecule has 3 rings (SSSR count). The molecular weight excluding hydrogens is 433 g/mol. The molecule has 0 unspecified atom stereocenters. The first-order valence-corrected chi connectivity index (χ1v) is 11.8. The summed E-state index contributed by atoms with van der Waals surface area (Å²) in [6.45, 7) is 10.3. The minimum absolute atomic E-state index is 0.0620. The molecule has 7 heteroatoms. The third-order valence-corrected chi connectivity index (χ3v) is 5.26. The quantitative estimate of drug-likeness (QED) is 0.392. The van der Waals surface area contributed by atoms with Crippen LogP contribution in [0.25, 0.3) is 11.3 Å². The van der Waals surface area contributed by atoms with Crippen LogP contribution in [-0.2, 0) is 18.3 Å². The van der Waals surface area contributed by atoms with Crippen molar-refractivity contribution in [1.29, 1.82) is 0 Å². The zero-order valence-corrected chi connectivity index (χ0v) is 20.7. The Kier molecular flexibility index (Phi) is 9.21. The summed E-state index contributed by atoms with van der Waals surface area (Å²) in [7, 11) is 1.84. The first-order chi connectivity index (χ1) is 16.2. The maximum atomic E-state index is 13.4. The topological polar surface area (TPSA) is 59.8 Å². The van der Waals surface area contributed by atoms with Crippen molar-refractivity contribution in [2.45, 2.75) is 46.4 Å². The highest BCUT2D eigenvalue weighted by Gasteiger charge is 2.24. The van der Waals surface area contributed by atoms with Crippen LogP contribution in [0.4, 0.5) is 4.39 Å². The molecule has 0 radical (unpaired) electrons. The van der Waals surface area contributed by atoms with Crippen LogP contribution in [0.3, 0.4) is 0 Å². The van der Waals surface area contributed by atoms with E-state index in [1.54, 1.807) is 16.8 Å². The van der Waals surface area contributed by atoms with Gasteiger partial charge in [0.25, 0.3) is 0 Å². The lowest BCUT2D eigenvalue weighted by molar-refractivity contribution is -0.0109. The molecule has 0 spiro atoms. The summed E-state index contributed by atoms with van der Waals surface area (Å²) in [5, 5.41) is 15.4. The molecule has 0 bridgehead atoms. The molecule has 3 aromatic rings. The van der Waals surface area contributed by atoms with Crippen LogP contribution in [0, 0.1) is 11.7 Å². The van der Waals surface area contributed by atoms with Crippen molar-refractivity contribution in [3.8, 4) is 22.9 Å². The van der Waals surface area contributed by atoms with Gasteiger partial charge in [-0.15, -0.1) is 0 Å². The number of aliphatic hydroxyl groups is 1. The molecule has 0 fully saturated rings. The second-order valence-electron chi connectivity index (χ2n) is 9.30. The van der Waals surface area contributed by atoms with E-state index in [4.69, 9.17) is 14.6 Å². The van der Waals surface area contributed by atoms with Gasteiger partial charge in [0.05, 0.1) is 24.4 Å². The average molecular weight is 470 g/mol. The summed E-state index contributed by atoms with van der Waals surface area (Å²) in [5.41, 5.74) is 2.72. The van der Waals surface area contributed by atoms with E-state index in [2.05, 4.69) is 18.7 Å². The van der Waals surface area contributed by atoms with E-state index in [1.165, 1.54) is 12.1 Å². The van der Waals surface area contributed by atoms with Gasteiger partial charge >= 0.3 is 0 Å². The largest absolute Gasteiger partial charge is 0.439 e. The molecule has 0 aliphatic carbocycles. The number of aliphatic hydroxyl groups excluding tert-OH is 1. The molecule has 2 aromatic carbocycles. The smallest absolute Gasteiger partial charge is 0.222 e. The Morgan fingerprint density at radius 2 is 1.68 bits per heavy atom. The molecule has 0 amide bonds. The predicted molar refractivity (Wildman–Crippen MR) is 132 cm³/mol. The van der Waals surface area contributed by atoms with Crippen molar-refractivity contribution < 1.29 is 19.0 Å². The van der Waals surface area contributed by atoms with Crippen LogP contribution in [0.1, 0.15) is 33.3 Å². The number of aryl methyl sites for hydroxylation is 1. The van der Waals surface area contributed by atoms with Crippen molar-refractivity contribution in [3.05, 3.63) is 66.0 Å². The van der Waals surface area contributed by atoms with Gasteiger partial charge in [-0.3, -0.25) is 4.90 Å². The van der Waals surface area contributed by atoms with Gasteiger partial charge in [-0.1, -0.05) is 44.2 Å². The average Bonchev–Trinajstić information content (AvgIpc) is 3.09. The predicted octanol–water partition coefficient (Wildman–Crippen LogP) is 5.26. The first-order valence-electron chi connectivity index (χ1n) is 11.8. The molecule has 1 heterocycles. The molecular formula is C27H36FN3O3. The maximum Gasteiger partial charge on any atom is 0.222 e. The number of ether oxygens (including phenoxy) is 2. The molecule has 0 saturated heterocycles. The van der Waals surface area contributed by atoms with Gasteiger partial charge in [-0.05, 0) is 44.0 Å². The number of aromatic nitrogens is 2. The standard InChI is InChI=1S/C27H36FN3O3/c1-19(2)15-31(16-23(32)18-33-20(3)4)17-25-26(21-9-7-6-8-10-21)29-30(5)27(25)34-24-13-11-22(28)12-14-24/h6-14,19-20,23,32H,15-18H2,1-5H3/t23-/m0/s1. The molecule has 1 atom stereocenters. The Balaban J connectivity index is 1.95. The molecule has 0 aliphatic heterocycles. The zero-order chi connectivity index (χ0) is 24.7. The molecule has 0 aliphatic rings. The van der Waals surface area contributed by atoms with E-state index in [9.17, 15) is 9.50 Å². The lowest BCUT2D eigenvalue weighted by Crippen LogP contribution is -2.37. The van der Waals surface area contributed by atoms with Crippen LogP contribution in [-0.4, -0.2) is 51.7 Å². The van der Waals surface area contributed by atoms with Crippen LogP contribution >= 0.6 is 0 Å². The fourth-order valence-electron chi connectivity index (χ4n) is 3.86. The van der Waals surface area contributed by atoms with Gasteiger partial charge in [0.1, 0.15) is 17.3 Å². The molecule has 184 valence electrons. The van der Waals surface area contributed by atoms with Crippen molar-refractivity contribution >= 4 is 0 Å². The number of hydrogen-bond donors (Lipinski definition) is 1. The molecule has 6 nitrogen and oxygen atoms in total. The summed E-state index contributed by atoms with van der Waals surface area (Å²) >= 11 is 0. The molecule has 1 aromatic heterocycles. The Hall–Kier alpha value is -2.74. The van der Waals surface area contributed by atoms with Gasteiger partial charge in [-0.25, -0.2) is 9.07 Å². The molecule has 34 heavy (non-hydrogen) atoms. The monoisotopic (exact) mass is 469 g/mol. The van der Waals surface area contributed by atoms with E-state index in [0.29, 0.717) is 30.6 Å². The lowest BCUT2D eigenvalue weighted by atomic mass is 10.1. The van der Waals surface area contributed by atoms with Gasteiger partial charge in [0, 0.05) is 32.2 Å². The second-order valence-corrected chi connectivity index (χ2v) is 9.30. The summed E-state index contributed by atoms with van der Waals surface area (Å²) in [5.74, 6) is 1.21. The summed E-state index contributed by atoms with van der Waals surface area (Å²) < 4.78 is 27.0. The zero-order valence-electron chi connectivity index (χ0n) is 20.7. The first kappa shape index (κ1) is 25.9. The van der Waals surface area contributed by atoms with Crippen LogP contribution in [0.2, 0.25) is 0 Å². The number of halogens is 1.